The number of nitrogens with zero attached hydrogens (tertiary/aromatic N) is 3. The number of nitrogen functional groups attached to an aromatic ring is 1. The summed E-state index contributed by atoms with van der Waals surface area (Å²) in [5, 5.41) is 6.89. The molecule has 1 unspecified atom stereocenters. The van der Waals surface area contributed by atoms with Crippen molar-refractivity contribution >= 4 is 39.3 Å². The van der Waals surface area contributed by atoms with Gasteiger partial charge >= 0.3 is 15.6 Å². The molecular weight excluding hydrogens is 486 g/mol. The number of aromatic nitrogens is 3. The maximum atomic E-state index is 11.4. The molecule has 13 nitrogen and oxygen atoms in total. The second-order valence-corrected chi connectivity index (χ2v) is 9.19. The highest BCUT2D eigenvalue weighted by molar-refractivity contribution is 7.60. The van der Waals surface area contributed by atoms with E-state index in [1.54, 1.807) is 13.1 Å². The first-order valence-electron chi connectivity index (χ1n) is 7.75. The normalized spacial score (nSPS) is 12.8. The van der Waals surface area contributed by atoms with E-state index in [1.807, 2.05) is 17.0 Å². The van der Waals surface area contributed by atoms with E-state index in [-0.39, 0.29) is 31.9 Å². The van der Waals surface area contributed by atoms with Crippen molar-refractivity contribution in [1.29, 1.82) is 0 Å². The fraction of sp³-hybridized carbons (Fsp3) is 0.385. The SMILES string of the molecule is Cc1ncc(C[n+]2csc(CCOP(=O)(O)OP(=O)(O)O)c2C)c(N)n1.O=CO.[Cl-]. The second-order valence-electron chi connectivity index (χ2n) is 5.42. The number of halogens is 1. The Labute approximate surface area is 181 Å². The Morgan fingerprint density at radius 2 is 1.90 bits per heavy atom. The van der Waals surface area contributed by atoms with E-state index in [0.717, 1.165) is 16.1 Å². The zero-order valence-electron chi connectivity index (χ0n) is 15.8. The van der Waals surface area contributed by atoms with Crippen molar-refractivity contribution < 1.29 is 59.5 Å². The Balaban J connectivity index is 0.00000198. The number of phosphoric acid groups is 2. The predicted molar refractivity (Wildman–Crippen MR) is 101 cm³/mol. The monoisotopic (exact) mass is 506 g/mol. The molecule has 170 valence electrons. The maximum absolute atomic E-state index is 11.4. The molecule has 0 aliphatic rings. The van der Waals surface area contributed by atoms with E-state index in [2.05, 4.69) is 18.8 Å². The van der Waals surface area contributed by atoms with Gasteiger partial charge in [0, 0.05) is 19.5 Å². The minimum atomic E-state index is -5.12. The molecule has 0 saturated heterocycles. The summed E-state index contributed by atoms with van der Waals surface area (Å²) in [4.78, 5) is 43.8. The molecule has 17 heteroatoms. The summed E-state index contributed by atoms with van der Waals surface area (Å²) < 4.78 is 32.2. The molecule has 30 heavy (non-hydrogen) atoms. The number of aryl methyl sites for hydroxylation is 1. The highest BCUT2D eigenvalue weighted by Crippen LogP contribution is 2.57. The van der Waals surface area contributed by atoms with Gasteiger partial charge in [-0.15, -0.1) is 0 Å². The third-order valence-corrected chi connectivity index (χ3v) is 6.64. The van der Waals surface area contributed by atoms with Crippen LogP contribution in [0.15, 0.2) is 11.7 Å². The standard InChI is InChI=1S/C12H18N4O7P2S.CH2O2.ClH/c1-8-11(3-4-22-25(20,21)23-24(17,18)19)26-7-16(8)6-10-5-14-9(2)15-12(10)13;2-1-3;/h5,7H,3-4,6H2,1-2H3,(H4-,13,14,15,17,18,19,20,21);1H,(H,2,3);1H. The summed E-state index contributed by atoms with van der Waals surface area (Å²) in [5.74, 6) is 0.985. The summed E-state index contributed by atoms with van der Waals surface area (Å²) in [6.45, 7) is 3.58. The third kappa shape index (κ3) is 10.0. The van der Waals surface area contributed by atoms with Crippen molar-refractivity contribution in [1.82, 2.24) is 9.97 Å². The fourth-order valence-corrected chi connectivity index (χ4v) is 4.64. The number of thiazole rings is 1. The molecule has 0 fully saturated rings. The summed E-state index contributed by atoms with van der Waals surface area (Å²) in [5.41, 5.74) is 9.40. The zero-order chi connectivity index (χ0) is 22.2. The van der Waals surface area contributed by atoms with E-state index in [0.29, 0.717) is 18.2 Å². The quantitative estimate of drug-likeness (QED) is 0.144. The first-order chi connectivity index (χ1) is 13.4. The second kappa shape index (κ2) is 12.4. The van der Waals surface area contributed by atoms with Crippen LogP contribution in [0.3, 0.4) is 0 Å². The van der Waals surface area contributed by atoms with Crippen LogP contribution in [0, 0.1) is 13.8 Å². The molecule has 2 aromatic rings. The molecule has 0 aliphatic heterocycles. The fourth-order valence-electron chi connectivity index (χ4n) is 2.08. The lowest BCUT2D eigenvalue weighted by molar-refractivity contribution is -0.689. The molecule has 0 bridgehead atoms. The molecule has 0 radical (unpaired) electrons. The first-order valence-corrected chi connectivity index (χ1v) is 11.7. The number of rotatable bonds is 8. The van der Waals surface area contributed by atoms with Gasteiger partial charge in [-0.1, -0.05) is 11.3 Å². The van der Waals surface area contributed by atoms with E-state index in [9.17, 15) is 14.0 Å². The van der Waals surface area contributed by atoms with E-state index < -0.39 is 15.6 Å². The van der Waals surface area contributed by atoms with Gasteiger partial charge in [0.15, 0.2) is 12.2 Å². The molecule has 0 aromatic carbocycles. The van der Waals surface area contributed by atoms with Gasteiger partial charge in [0.05, 0.1) is 17.0 Å². The highest BCUT2D eigenvalue weighted by atomic mass is 35.5. The van der Waals surface area contributed by atoms with Crippen LogP contribution in [-0.4, -0.2) is 42.8 Å². The van der Waals surface area contributed by atoms with Crippen molar-refractivity contribution in [2.45, 2.75) is 26.8 Å². The van der Waals surface area contributed by atoms with E-state index >= 15 is 0 Å². The molecule has 0 amide bonds. The van der Waals surface area contributed by atoms with Crippen LogP contribution in [0.1, 0.15) is 22.0 Å². The van der Waals surface area contributed by atoms with Gasteiger partial charge in [-0.3, -0.25) is 9.32 Å². The number of anilines is 1. The number of hydrogen-bond donors (Lipinski definition) is 5. The van der Waals surface area contributed by atoms with Crippen LogP contribution >= 0.6 is 27.0 Å². The molecular formula is C13H21ClN4O9P2S. The number of nitrogens with two attached hydrogens (primary N) is 1. The average molecular weight is 507 g/mol. The largest absolute Gasteiger partial charge is 1.00 e. The van der Waals surface area contributed by atoms with Crippen molar-refractivity contribution in [3.05, 3.63) is 33.7 Å². The molecule has 0 spiro atoms. The molecule has 2 rings (SSSR count). The Kier molecular flexibility index (Phi) is 11.8. The summed E-state index contributed by atoms with van der Waals surface area (Å²) in [6.07, 6.45) is 1.92. The van der Waals surface area contributed by atoms with Gasteiger partial charge in [0.2, 0.25) is 5.51 Å². The highest BCUT2D eigenvalue weighted by Gasteiger charge is 2.32. The van der Waals surface area contributed by atoms with Crippen molar-refractivity contribution in [2.24, 2.45) is 0 Å². The van der Waals surface area contributed by atoms with E-state index in [4.69, 9.17) is 25.4 Å². The molecule has 1 atom stereocenters. The topological polar surface area (TPSA) is 206 Å². The van der Waals surface area contributed by atoms with Gasteiger partial charge in [-0.25, -0.2) is 19.1 Å². The van der Waals surface area contributed by atoms with Crippen LogP contribution in [0.25, 0.3) is 0 Å². The smallest absolute Gasteiger partial charge is 0.481 e. The Hall–Kier alpha value is -1.47. The average Bonchev–Trinajstić information content (AvgIpc) is 2.89. The van der Waals surface area contributed by atoms with Crippen LogP contribution < -0.4 is 22.7 Å². The lowest BCUT2D eigenvalue weighted by atomic mass is 10.2. The third-order valence-electron chi connectivity index (χ3n) is 3.31. The number of carbonyl (C=O) groups is 1. The molecule has 2 heterocycles. The van der Waals surface area contributed by atoms with Gasteiger partial charge in [0.1, 0.15) is 11.6 Å². The maximum Gasteiger partial charge on any atom is 0.481 e. The predicted octanol–water partition coefficient (Wildman–Crippen LogP) is -2.45. The minimum Gasteiger partial charge on any atom is -1.00 e. The summed E-state index contributed by atoms with van der Waals surface area (Å²) >= 11 is 1.40. The minimum absolute atomic E-state index is 0. The van der Waals surface area contributed by atoms with Crippen LogP contribution in [0.5, 0.6) is 0 Å². The van der Waals surface area contributed by atoms with Crippen molar-refractivity contribution in [3.8, 4) is 0 Å². The summed E-state index contributed by atoms with van der Waals surface area (Å²) in [6, 6.07) is 0. The first kappa shape index (κ1) is 28.5. The Morgan fingerprint density at radius 1 is 1.30 bits per heavy atom. The van der Waals surface area contributed by atoms with Crippen LogP contribution in [0.4, 0.5) is 5.82 Å². The molecule has 2 aromatic heterocycles. The van der Waals surface area contributed by atoms with E-state index in [1.165, 1.54) is 11.3 Å². The number of carboxylic acid groups (broad SMARTS) is 1. The molecule has 0 saturated carbocycles. The van der Waals surface area contributed by atoms with Gasteiger partial charge in [0.25, 0.3) is 6.47 Å². The lowest BCUT2D eigenvalue weighted by Crippen LogP contribution is -3.00. The Bertz CT molecular complexity index is 939. The molecule has 6 N–H and O–H groups in total. The van der Waals surface area contributed by atoms with Gasteiger partial charge in [-0.05, 0) is 6.92 Å². The van der Waals surface area contributed by atoms with Crippen molar-refractivity contribution in [2.75, 3.05) is 12.3 Å². The number of phosphoric ester groups is 1. The van der Waals surface area contributed by atoms with Gasteiger partial charge < -0.3 is 37.9 Å². The summed E-state index contributed by atoms with van der Waals surface area (Å²) in [7, 11) is -9.94. The van der Waals surface area contributed by atoms with Gasteiger partial charge in [-0.2, -0.15) is 8.88 Å². The van der Waals surface area contributed by atoms with Crippen LogP contribution in [-0.2, 0) is 35.7 Å². The van der Waals surface area contributed by atoms with Crippen LogP contribution in [0.2, 0.25) is 0 Å². The Morgan fingerprint density at radius 3 is 2.43 bits per heavy atom. The zero-order valence-corrected chi connectivity index (χ0v) is 19.1. The molecule has 0 aliphatic carbocycles. The number of hydrogen-bond acceptors (Lipinski definition) is 9. The lowest BCUT2D eigenvalue weighted by Gasteiger charge is -2.11. The van der Waals surface area contributed by atoms with Crippen molar-refractivity contribution in [3.63, 3.8) is 0 Å².